The van der Waals surface area contributed by atoms with E-state index < -0.39 is 0 Å². The summed E-state index contributed by atoms with van der Waals surface area (Å²) in [6.07, 6.45) is 0. The Bertz CT molecular complexity index is 9790. The molecule has 0 aromatic heterocycles. The van der Waals surface area contributed by atoms with Gasteiger partial charge in [0.2, 0.25) is 0 Å². The quantitative estimate of drug-likeness (QED) is 0.146. The first kappa shape index (κ1) is 86.6. The summed E-state index contributed by atoms with van der Waals surface area (Å²) in [6.45, 7) is 10.8. The first-order chi connectivity index (χ1) is 70.5. The first-order valence-electron chi connectivity index (χ1n) is 49.9. The lowest BCUT2D eigenvalue weighted by Gasteiger charge is -2.14. The standard InChI is InChI=1S/C43H28.C31H22.2C25H18.C19H14/c1-27-22-30(28-18-20-40-36-14-4-2-10-32(36)34-12-6-8-16-38(34)42(40)25-28)24-31(23-27)29-19-21-41-37-15-5-3-11-33(37)35-13-7-9-17-39(35)43(41)26-29;1-21-8-6-9-22(18-21)23-10-7-11-24(19-23)25-16-17-30-28-14-3-2-12-26(28)27-13-4-5-15-29(27)31(30)20-25;1-17-7-6-8-18(15-17)19-13-14-24-22-11-3-2-9-20(22)21-10-4-5-12-23(21)25(24)16-19;1-17-10-12-18(13-11-17)19-14-15-24-22-8-3-2-6-20(22)21-7-4-5-9-23(21)25(24)16-19;1-13-10-11-18-16-8-3-2-6-14(16)15-7-4-5-9-17(15)19(18)12-13/h2-26H,1H3;2-20H,1H3;2*2-16H,1H3;2-12H,1H3. The van der Waals surface area contributed by atoms with Crippen LogP contribution in [0.3, 0.4) is 0 Å². The van der Waals surface area contributed by atoms with Gasteiger partial charge < -0.3 is 0 Å². The maximum Gasteiger partial charge on any atom is -0.00928 e. The molecule has 0 aliphatic heterocycles. The van der Waals surface area contributed by atoms with E-state index in [1.807, 2.05) is 0 Å². The van der Waals surface area contributed by atoms with Crippen molar-refractivity contribution in [2.75, 3.05) is 0 Å². The third-order valence-corrected chi connectivity index (χ3v) is 29.6. The molecule has 0 heterocycles. The van der Waals surface area contributed by atoms with Crippen LogP contribution in [0.2, 0.25) is 0 Å². The van der Waals surface area contributed by atoms with Gasteiger partial charge in [0.1, 0.15) is 0 Å². The van der Waals surface area contributed by atoms with Crippen molar-refractivity contribution < 1.29 is 0 Å². The lowest BCUT2D eigenvalue weighted by molar-refractivity contribution is 1.46. The van der Waals surface area contributed by atoms with Crippen molar-refractivity contribution in [2.45, 2.75) is 34.6 Å². The second kappa shape index (κ2) is 36.8. The molecule has 0 unspecified atom stereocenters. The van der Waals surface area contributed by atoms with Crippen LogP contribution >= 0.6 is 0 Å². The third-order valence-electron chi connectivity index (χ3n) is 29.6. The molecule has 29 aromatic rings. The van der Waals surface area contributed by atoms with Crippen LogP contribution in [0.25, 0.3) is 261 Å². The summed E-state index contributed by atoms with van der Waals surface area (Å²) in [5, 5.41) is 47.6. The van der Waals surface area contributed by atoms with E-state index >= 15 is 0 Å². The molecule has 0 saturated carbocycles. The normalized spacial score (nSPS) is 11.5. The van der Waals surface area contributed by atoms with E-state index in [-0.39, 0.29) is 0 Å². The van der Waals surface area contributed by atoms with Crippen molar-refractivity contribution in [1.82, 2.24) is 0 Å². The monoisotopic (exact) mass is 1820 g/mol. The largest absolute Gasteiger partial charge is 0.0616 e. The summed E-state index contributed by atoms with van der Waals surface area (Å²) in [7, 11) is 0. The van der Waals surface area contributed by atoms with Gasteiger partial charge in [-0.25, -0.2) is 0 Å². The van der Waals surface area contributed by atoms with Gasteiger partial charge in [-0.3, -0.25) is 0 Å². The zero-order valence-electron chi connectivity index (χ0n) is 80.6. The molecule has 0 radical (unpaired) electrons. The molecule has 0 bridgehead atoms. The Hall–Kier alpha value is -17.9. The van der Waals surface area contributed by atoms with Crippen LogP contribution in [0.15, 0.2) is 516 Å². The van der Waals surface area contributed by atoms with Crippen LogP contribution in [0.1, 0.15) is 27.8 Å². The number of hydrogen-bond donors (Lipinski definition) is 0. The summed E-state index contributed by atoms with van der Waals surface area (Å²) in [4.78, 5) is 0. The van der Waals surface area contributed by atoms with Crippen molar-refractivity contribution in [3.05, 3.63) is 543 Å². The fourth-order valence-electron chi connectivity index (χ4n) is 22.8. The topological polar surface area (TPSA) is 0 Å². The summed E-state index contributed by atoms with van der Waals surface area (Å²) in [5.74, 6) is 0. The average molecular weight is 1820 g/mol. The molecule has 0 aliphatic rings. The van der Waals surface area contributed by atoms with Gasteiger partial charge in [-0.1, -0.05) is 495 Å². The zero-order chi connectivity index (χ0) is 95.7. The minimum absolute atomic E-state index is 1.25. The minimum atomic E-state index is 1.25. The number of benzene rings is 29. The highest BCUT2D eigenvalue weighted by Gasteiger charge is 2.19. The van der Waals surface area contributed by atoms with Crippen LogP contribution < -0.4 is 0 Å². The fourth-order valence-corrected chi connectivity index (χ4v) is 22.8. The Labute approximate surface area is 832 Å². The lowest BCUT2D eigenvalue weighted by atomic mass is 9.89. The molecule has 0 amide bonds. The van der Waals surface area contributed by atoms with E-state index in [0.29, 0.717) is 0 Å². The van der Waals surface area contributed by atoms with E-state index in [0.717, 1.165) is 0 Å². The van der Waals surface area contributed by atoms with Crippen LogP contribution in [-0.2, 0) is 0 Å². The van der Waals surface area contributed by atoms with Gasteiger partial charge in [0.05, 0.1) is 0 Å². The van der Waals surface area contributed by atoms with Crippen molar-refractivity contribution in [3.8, 4) is 66.8 Å². The second-order valence-corrected chi connectivity index (χ2v) is 38.7. The van der Waals surface area contributed by atoms with Crippen molar-refractivity contribution in [3.63, 3.8) is 0 Å². The predicted octanol–water partition coefficient (Wildman–Crippen LogP) is 40.7. The van der Waals surface area contributed by atoms with Gasteiger partial charge in [0.15, 0.2) is 0 Å². The smallest absolute Gasteiger partial charge is 0.00928 e. The molecule has 0 nitrogen and oxygen atoms in total. The molecule has 0 aliphatic carbocycles. The fraction of sp³-hybridized carbons (Fsp3) is 0.0350. The van der Waals surface area contributed by atoms with E-state index in [4.69, 9.17) is 0 Å². The molecule has 0 fully saturated rings. The molecular formula is C143H100. The molecule has 29 rings (SSSR count). The van der Waals surface area contributed by atoms with Crippen molar-refractivity contribution in [1.29, 1.82) is 0 Å². The Kier molecular flexibility index (Phi) is 22.3. The van der Waals surface area contributed by atoms with Gasteiger partial charge in [-0.15, -0.1) is 0 Å². The van der Waals surface area contributed by atoms with Gasteiger partial charge in [0.25, 0.3) is 0 Å². The number of fused-ring (bicyclic) bond motifs is 36. The van der Waals surface area contributed by atoms with E-state index in [9.17, 15) is 0 Å². The van der Waals surface area contributed by atoms with Crippen molar-refractivity contribution >= 4 is 194 Å². The molecule has 672 valence electrons. The second-order valence-electron chi connectivity index (χ2n) is 38.7. The highest BCUT2D eigenvalue weighted by Crippen LogP contribution is 2.46. The van der Waals surface area contributed by atoms with Crippen LogP contribution in [0.5, 0.6) is 0 Å². The Morgan fingerprint density at radius 3 is 0.441 bits per heavy atom. The highest BCUT2D eigenvalue weighted by atomic mass is 14.2. The van der Waals surface area contributed by atoms with E-state index in [1.165, 1.54) is 288 Å². The lowest BCUT2D eigenvalue weighted by Crippen LogP contribution is -1.88. The SMILES string of the molecule is Cc1cc(-c2ccc3c4ccccc4c4ccccc4c3c2)cc(-c2ccc3c4ccccc4c4ccccc4c3c2)c1.Cc1ccc(-c2ccc3c4ccccc4c4ccccc4c3c2)cc1.Cc1ccc2c3ccccc3c3ccccc3c2c1.Cc1cccc(-c2ccc3c4ccccc4c4ccccc4c3c2)c1.Cc1cccc(-c2cccc(-c3ccc4c5ccccc5c5ccccc5c4c3)c2)c1. The average Bonchev–Trinajstić information content (AvgIpc) is 0.758. The maximum absolute atomic E-state index is 2.39. The summed E-state index contributed by atoms with van der Waals surface area (Å²) in [6, 6.07) is 188. The summed E-state index contributed by atoms with van der Waals surface area (Å²) in [5.41, 5.74) is 21.5. The zero-order valence-corrected chi connectivity index (χ0v) is 80.6. The highest BCUT2D eigenvalue weighted by molar-refractivity contribution is 6.32. The van der Waals surface area contributed by atoms with Crippen LogP contribution in [-0.4, -0.2) is 0 Å². The molecular weight excluding hydrogens is 1720 g/mol. The number of aryl methyl sites for hydroxylation is 5. The Morgan fingerprint density at radius 2 is 0.210 bits per heavy atom. The first-order valence-corrected chi connectivity index (χ1v) is 49.9. The van der Waals surface area contributed by atoms with Gasteiger partial charge in [-0.2, -0.15) is 0 Å². The third kappa shape index (κ3) is 16.0. The molecule has 0 saturated heterocycles. The molecule has 0 spiro atoms. The molecule has 0 N–H and O–H groups in total. The van der Waals surface area contributed by atoms with E-state index in [1.54, 1.807) is 0 Å². The van der Waals surface area contributed by atoms with Crippen molar-refractivity contribution in [2.24, 2.45) is 0 Å². The molecule has 29 aromatic carbocycles. The summed E-state index contributed by atoms with van der Waals surface area (Å²) >= 11 is 0. The maximum atomic E-state index is 2.39. The van der Waals surface area contributed by atoms with Gasteiger partial charge in [-0.05, 0) is 343 Å². The molecule has 0 heteroatoms. The van der Waals surface area contributed by atoms with Crippen LogP contribution in [0, 0.1) is 34.6 Å². The van der Waals surface area contributed by atoms with Gasteiger partial charge >= 0.3 is 0 Å². The van der Waals surface area contributed by atoms with Crippen LogP contribution in [0.4, 0.5) is 0 Å². The molecule has 143 heavy (non-hydrogen) atoms. The van der Waals surface area contributed by atoms with E-state index in [2.05, 4.69) is 550 Å². The predicted molar refractivity (Wildman–Crippen MR) is 624 cm³/mol. The minimum Gasteiger partial charge on any atom is -0.0616 e. The number of rotatable bonds is 6. The number of hydrogen-bond acceptors (Lipinski definition) is 0. The molecule has 0 atom stereocenters. The summed E-state index contributed by atoms with van der Waals surface area (Å²) < 4.78 is 0. The Morgan fingerprint density at radius 1 is 0.0699 bits per heavy atom. The Balaban J connectivity index is 0.0000000964. The van der Waals surface area contributed by atoms with Gasteiger partial charge in [0, 0.05) is 0 Å².